The lowest BCUT2D eigenvalue weighted by atomic mass is 9.55. The summed E-state index contributed by atoms with van der Waals surface area (Å²) in [5.74, 6) is -0.193. The normalized spacial score (nSPS) is 23.4. The number of aliphatic hydroxyl groups excluding tert-OH is 2. The number of carbonyl (C=O) groups excluding carboxylic acids is 1. The first kappa shape index (κ1) is 42.4. The Morgan fingerprint density at radius 3 is 2.42 bits per heavy atom. The van der Waals surface area contributed by atoms with Gasteiger partial charge in [-0.2, -0.15) is 0 Å². The fraction of sp³-hybridized carbons (Fsp3) is 0.404. The average molecular weight is 820 g/mol. The molecular formula is C47H53N3O10. The van der Waals surface area contributed by atoms with Crippen molar-refractivity contribution in [3.8, 4) is 17.2 Å². The molecule has 1 heterocycles. The number of ether oxygens (including phenoxy) is 4. The van der Waals surface area contributed by atoms with Gasteiger partial charge in [-0.05, 0) is 102 Å². The highest BCUT2D eigenvalue weighted by molar-refractivity contribution is 6.03. The minimum atomic E-state index is -1.43. The van der Waals surface area contributed by atoms with E-state index in [0.717, 1.165) is 47.6 Å². The number of fused-ring (bicyclic) bond motifs is 3. The van der Waals surface area contributed by atoms with Crippen molar-refractivity contribution in [1.29, 1.82) is 0 Å². The Balaban J connectivity index is 1.38. The molecule has 1 aliphatic heterocycles. The van der Waals surface area contributed by atoms with Gasteiger partial charge < -0.3 is 38.9 Å². The van der Waals surface area contributed by atoms with Gasteiger partial charge in [0, 0.05) is 50.3 Å². The number of allylic oxidation sites excluding steroid dienone is 1. The molecule has 1 fully saturated rings. The van der Waals surface area contributed by atoms with Crippen molar-refractivity contribution in [2.24, 2.45) is 22.9 Å². The summed E-state index contributed by atoms with van der Waals surface area (Å²) in [5.41, 5.74) is 3.09. The lowest BCUT2D eigenvalue weighted by molar-refractivity contribution is -0.384. The molecule has 2 aliphatic carbocycles. The van der Waals surface area contributed by atoms with Crippen LogP contribution < -0.4 is 9.47 Å². The number of likely N-dealkylation sites (N-methyl/N-ethyl adjacent to an activating group) is 1. The molecule has 4 aromatic rings. The molecule has 1 amide bonds. The number of rotatable bonds is 18. The smallest absolute Gasteiger partial charge is 0.409 e. The fourth-order valence-electron chi connectivity index (χ4n) is 9.33. The third kappa shape index (κ3) is 8.74. The molecule has 0 bridgehead atoms. The van der Waals surface area contributed by atoms with Crippen LogP contribution in [0.2, 0.25) is 0 Å². The van der Waals surface area contributed by atoms with Crippen LogP contribution in [-0.2, 0) is 20.9 Å². The van der Waals surface area contributed by atoms with Crippen LogP contribution in [0, 0.1) is 27.9 Å². The van der Waals surface area contributed by atoms with E-state index < -0.39 is 28.8 Å². The van der Waals surface area contributed by atoms with E-state index >= 15 is 0 Å². The van der Waals surface area contributed by atoms with Crippen molar-refractivity contribution in [3.05, 3.63) is 130 Å². The minimum Gasteiger partial charge on any atom is -0.459 e. The molecule has 316 valence electrons. The van der Waals surface area contributed by atoms with Crippen molar-refractivity contribution in [3.63, 3.8) is 0 Å². The number of non-ortho nitro benzene ring substituents is 1. The molecule has 7 rings (SSSR count). The molecule has 13 heteroatoms. The fourth-order valence-corrected chi connectivity index (χ4v) is 9.33. The van der Waals surface area contributed by atoms with Crippen molar-refractivity contribution < 1.29 is 43.7 Å². The molecule has 1 saturated carbocycles. The lowest BCUT2D eigenvalue weighted by Crippen LogP contribution is -2.69. The summed E-state index contributed by atoms with van der Waals surface area (Å²) in [6, 6.07) is 25.3. The maximum absolute atomic E-state index is 13.5. The van der Waals surface area contributed by atoms with Gasteiger partial charge >= 0.3 is 6.09 Å². The second-order valence-electron chi connectivity index (χ2n) is 15.7. The Morgan fingerprint density at radius 2 is 1.70 bits per heavy atom. The van der Waals surface area contributed by atoms with E-state index in [1.54, 1.807) is 25.3 Å². The van der Waals surface area contributed by atoms with E-state index in [4.69, 9.17) is 28.9 Å². The number of methoxy groups -OCH3 is 1. The Labute approximate surface area is 350 Å². The first-order valence-electron chi connectivity index (χ1n) is 20.6. The summed E-state index contributed by atoms with van der Waals surface area (Å²) >= 11 is 0. The molecule has 0 aromatic heterocycles. The van der Waals surface area contributed by atoms with E-state index in [2.05, 4.69) is 30.9 Å². The van der Waals surface area contributed by atoms with Gasteiger partial charge in [0.2, 0.25) is 5.79 Å². The van der Waals surface area contributed by atoms with Crippen LogP contribution in [0.1, 0.15) is 62.0 Å². The molecule has 6 atom stereocenters. The number of nitro benzene ring substituents is 1. The highest BCUT2D eigenvalue weighted by Gasteiger charge is 2.65. The zero-order valence-electron chi connectivity index (χ0n) is 34.1. The largest absolute Gasteiger partial charge is 0.459 e. The summed E-state index contributed by atoms with van der Waals surface area (Å²) < 4.78 is 25.9. The number of benzene rings is 4. The molecule has 3 aliphatic rings. The van der Waals surface area contributed by atoms with Gasteiger partial charge in [0.25, 0.3) is 5.69 Å². The van der Waals surface area contributed by atoms with Gasteiger partial charge in [-0.25, -0.2) is 4.79 Å². The highest BCUT2D eigenvalue weighted by Crippen LogP contribution is 2.62. The van der Waals surface area contributed by atoms with Gasteiger partial charge in [0.15, 0.2) is 0 Å². The van der Waals surface area contributed by atoms with E-state index in [-0.39, 0.29) is 56.3 Å². The van der Waals surface area contributed by atoms with Gasteiger partial charge in [-0.1, -0.05) is 60.5 Å². The third-order valence-corrected chi connectivity index (χ3v) is 12.1. The number of carbonyl (C=O) groups is 1. The van der Waals surface area contributed by atoms with E-state index in [9.17, 15) is 25.1 Å². The number of aliphatic hydroxyl groups is 2. The molecule has 4 aromatic carbocycles. The Kier molecular flexibility index (Phi) is 13.5. The quantitative estimate of drug-likeness (QED) is 0.0429. The lowest BCUT2D eigenvalue weighted by Gasteiger charge is -2.59. The zero-order chi connectivity index (χ0) is 42.2. The van der Waals surface area contributed by atoms with Crippen LogP contribution in [0.4, 0.5) is 10.5 Å². The minimum absolute atomic E-state index is 0.0236. The van der Waals surface area contributed by atoms with Gasteiger partial charge in [0.1, 0.15) is 29.9 Å². The molecule has 0 radical (unpaired) electrons. The SMILES string of the molecule is C=CCO[C@@]12Oc3ccc(Oc4ccc5ccccc5c4)cc3[C@H]3[C@H](CCCCO)[C@@H](CCCCO)C=C(C(=NOCc4ccc([N+](=O)[O-])cc4)C[C@@H]1N(C)C(=O)OC)[C@H]32. The predicted octanol–water partition coefficient (Wildman–Crippen LogP) is 9.07. The molecule has 0 saturated heterocycles. The van der Waals surface area contributed by atoms with Crippen LogP contribution in [0.15, 0.2) is 114 Å². The van der Waals surface area contributed by atoms with Crippen molar-refractivity contribution >= 4 is 28.3 Å². The maximum atomic E-state index is 13.5. The number of hydrogen-bond donors (Lipinski definition) is 2. The summed E-state index contributed by atoms with van der Waals surface area (Å²) in [6.45, 7) is 4.29. The monoisotopic (exact) mass is 819 g/mol. The van der Waals surface area contributed by atoms with Crippen molar-refractivity contribution in [2.45, 2.75) is 69.3 Å². The Bertz CT molecular complexity index is 2220. The van der Waals surface area contributed by atoms with Crippen LogP contribution in [0.5, 0.6) is 17.2 Å². The molecular weight excluding hydrogens is 767 g/mol. The van der Waals surface area contributed by atoms with Gasteiger partial charge in [-0.15, -0.1) is 6.58 Å². The topological polar surface area (TPSA) is 162 Å². The number of oxime groups is 1. The summed E-state index contributed by atoms with van der Waals surface area (Å²) in [6.07, 6.45) is 7.97. The first-order valence-corrected chi connectivity index (χ1v) is 20.6. The number of unbranched alkanes of at least 4 members (excludes halogenated alkanes) is 2. The second-order valence-corrected chi connectivity index (χ2v) is 15.7. The summed E-state index contributed by atoms with van der Waals surface area (Å²) in [4.78, 5) is 31.9. The van der Waals surface area contributed by atoms with Crippen LogP contribution in [0.25, 0.3) is 10.8 Å². The van der Waals surface area contributed by atoms with Crippen LogP contribution >= 0.6 is 0 Å². The first-order chi connectivity index (χ1) is 29.2. The van der Waals surface area contributed by atoms with E-state index in [0.29, 0.717) is 41.4 Å². The predicted molar refractivity (Wildman–Crippen MR) is 227 cm³/mol. The molecule has 2 N–H and O–H groups in total. The van der Waals surface area contributed by atoms with E-state index in [1.165, 1.54) is 24.1 Å². The maximum Gasteiger partial charge on any atom is 0.409 e. The van der Waals surface area contributed by atoms with Gasteiger partial charge in [-0.3, -0.25) is 10.1 Å². The number of hydrogen-bond acceptors (Lipinski definition) is 11. The molecule has 0 unspecified atom stereocenters. The number of nitrogens with zero attached hydrogens (tertiary/aromatic N) is 3. The molecule has 60 heavy (non-hydrogen) atoms. The Hall–Kier alpha value is -5.76. The standard InChI is InChI=1S/C47H53N3O10/c1-4-25-57-47-43(49(2)46(53)56-3)29-41(48-58-30-31-15-18-35(19-16-31)50(54)55)39-27-34(13-7-9-23-51)38(14-8-10-24-52)44(45(39)47)40-28-37(21-22-42(40)60-47)59-36-20-17-32-11-5-6-12-33(32)26-36/h4-6,11-12,15-22,26-28,34,38,43-45,51-52H,1,7-10,13-14,23-25,29-30H2,2-3H3/t34-,38+,43-,44+,45+,47+/m0/s1. The van der Waals surface area contributed by atoms with E-state index in [1.807, 2.05) is 42.5 Å². The summed E-state index contributed by atoms with van der Waals surface area (Å²) in [7, 11) is 2.99. The van der Waals surface area contributed by atoms with Gasteiger partial charge in [0.05, 0.1) is 30.3 Å². The van der Waals surface area contributed by atoms with Crippen molar-refractivity contribution in [2.75, 3.05) is 34.0 Å². The summed E-state index contributed by atoms with van der Waals surface area (Å²) in [5, 5.41) is 38.0. The highest BCUT2D eigenvalue weighted by atomic mass is 16.7. The van der Waals surface area contributed by atoms with Crippen LogP contribution in [0.3, 0.4) is 0 Å². The second kappa shape index (κ2) is 19.1. The van der Waals surface area contributed by atoms with Crippen LogP contribution in [-0.4, -0.2) is 77.6 Å². The molecule has 13 nitrogen and oxygen atoms in total. The van der Waals surface area contributed by atoms with Crippen molar-refractivity contribution in [1.82, 2.24) is 4.90 Å². The third-order valence-electron chi connectivity index (χ3n) is 12.1. The zero-order valence-corrected chi connectivity index (χ0v) is 34.1. The number of amides is 1. The average Bonchev–Trinajstić information content (AvgIpc) is 3.26. The Morgan fingerprint density at radius 1 is 0.983 bits per heavy atom. The molecule has 0 spiro atoms. The number of nitro groups is 1.